The van der Waals surface area contributed by atoms with Gasteiger partial charge in [-0.15, -0.1) is 29.6 Å². The number of ether oxygens (including phenoxy) is 2. The number of carbonyl (C=O) groups excluding carboxylic acids is 1. The van der Waals surface area contributed by atoms with E-state index in [4.69, 9.17) is 4.74 Å². The molecule has 0 atom stereocenters. The summed E-state index contributed by atoms with van der Waals surface area (Å²) in [5.41, 5.74) is 4.29. The molecule has 0 saturated heterocycles. The molecule has 0 saturated carbocycles. The van der Waals surface area contributed by atoms with Crippen molar-refractivity contribution in [1.29, 1.82) is 0 Å². The fourth-order valence-electron chi connectivity index (χ4n) is 4.91. The largest absolute Gasteiger partial charge is 0.573 e. The second-order valence-electron chi connectivity index (χ2n) is 11.4. The highest BCUT2D eigenvalue weighted by Gasteiger charge is 2.31. The van der Waals surface area contributed by atoms with Crippen molar-refractivity contribution in [2.24, 2.45) is 4.99 Å². The number of aromatic nitrogens is 4. The van der Waals surface area contributed by atoms with E-state index in [1.165, 1.54) is 46.6 Å². The van der Waals surface area contributed by atoms with Crippen LogP contribution < -0.4 is 19.6 Å². The maximum absolute atomic E-state index is 13.3. The number of amides is 2. The predicted octanol–water partition coefficient (Wildman–Crippen LogP) is 7.67. The van der Waals surface area contributed by atoms with Gasteiger partial charge in [0.1, 0.15) is 17.8 Å². The van der Waals surface area contributed by atoms with Crippen LogP contribution in [0.15, 0.2) is 83.4 Å². The van der Waals surface area contributed by atoms with Crippen LogP contribution in [0, 0.1) is 6.92 Å². The molecule has 1 N–H and O–H groups in total. The number of nitrogens with one attached hydrogen (secondary N) is 1. The molecular formula is C33H33F3N6O3S. The number of urea groups is 1. The van der Waals surface area contributed by atoms with Gasteiger partial charge in [0.25, 0.3) is 0 Å². The summed E-state index contributed by atoms with van der Waals surface area (Å²) in [6, 6.07) is 18.2. The van der Waals surface area contributed by atoms with Gasteiger partial charge in [-0.1, -0.05) is 44.2 Å². The Hall–Kier alpha value is -4.91. The van der Waals surface area contributed by atoms with E-state index < -0.39 is 17.9 Å². The van der Waals surface area contributed by atoms with Crippen molar-refractivity contribution in [3.05, 3.63) is 100 Å². The summed E-state index contributed by atoms with van der Waals surface area (Å²) < 4.78 is 50.2. The average molecular weight is 651 g/mol. The molecule has 5 aromatic rings. The number of methoxy groups -OCH3 is 1. The Balaban J connectivity index is 1.33. The molecule has 2 aromatic heterocycles. The van der Waals surface area contributed by atoms with E-state index >= 15 is 0 Å². The number of halogens is 3. The first-order valence-electron chi connectivity index (χ1n) is 14.3. The number of hydrogen-bond donors (Lipinski definition) is 1. The van der Waals surface area contributed by atoms with Gasteiger partial charge in [-0.3, -0.25) is 4.57 Å². The second kappa shape index (κ2) is 12.8. The van der Waals surface area contributed by atoms with Crippen molar-refractivity contribution >= 4 is 17.4 Å². The van der Waals surface area contributed by atoms with Crippen LogP contribution in [0.1, 0.15) is 50.4 Å². The predicted molar refractivity (Wildman–Crippen MR) is 170 cm³/mol. The lowest BCUT2D eigenvalue weighted by molar-refractivity contribution is -0.274. The summed E-state index contributed by atoms with van der Waals surface area (Å²) in [4.78, 5) is 22.6. The molecule has 2 heterocycles. The van der Waals surface area contributed by atoms with Crippen LogP contribution in [0.5, 0.6) is 11.5 Å². The summed E-state index contributed by atoms with van der Waals surface area (Å²) in [6.45, 7) is 9.99. The van der Waals surface area contributed by atoms with Gasteiger partial charge in [-0.05, 0) is 68.1 Å². The van der Waals surface area contributed by atoms with Gasteiger partial charge in [0.15, 0.2) is 10.6 Å². The van der Waals surface area contributed by atoms with E-state index in [-0.39, 0.29) is 11.7 Å². The molecule has 5 rings (SSSR count). The molecular weight excluding hydrogens is 617 g/mol. The van der Waals surface area contributed by atoms with E-state index in [1.807, 2.05) is 73.2 Å². The van der Waals surface area contributed by atoms with Crippen molar-refractivity contribution < 1.29 is 27.4 Å². The minimum Gasteiger partial charge on any atom is -0.497 e. The molecule has 0 aliphatic carbocycles. The molecule has 0 aliphatic heterocycles. The van der Waals surface area contributed by atoms with Crippen LogP contribution in [0.2, 0.25) is 0 Å². The maximum atomic E-state index is 13.3. The summed E-state index contributed by atoms with van der Waals surface area (Å²) in [6.07, 6.45) is -3.29. The molecule has 0 fully saturated rings. The van der Waals surface area contributed by atoms with Crippen molar-refractivity contribution in [2.75, 3.05) is 7.11 Å². The molecule has 2 amide bonds. The van der Waals surface area contributed by atoms with Crippen molar-refractivity contribution in [1.82, 2.24) is 24.6 Å². The van der Waals surface area contributed by atoms with Gasteiger partial charge < -0.3 is 14.8 Å². The standard InChI is InChI=1S/C33H33F3N6O3S/c1-20(2)27-16-15-26(44-6)17-28(27)42-21(3)18-46-31(42)38-30(43)39-32(4,5)23-9-7-22(8-10-23)29-37-19-41(40-29)24-11-13-25(14-12-24)45-33(34,35)36/h7-20H,1-6H3,(H,39,43)/b38-31-. The number of alkyl halides is 3. The number of nitrogens with zero attached hydrogens (tertiary/aromatic N) is 5. The van der Waals surface area contributed by atoms with Gasteiger partial charge in [0, 0.05) is 22.7 Å². The van der Waals surface area contributed by atoms with E-state index in [0.29, 0.717) is 22.1 Å². The van der Waals surface area contributed by atoms with E-state index in [0.717, 1.165) is 28.1 Å². The zero-order valence-electron chi connectivity index (χ0n) is 26.1. The van der Waals surface area contributed by atoms with E-state index in [9.17, 15) is 18.0 Å². The molecule has 240 valence electrons. The van der Waals surface area contributed by atoms with Crippen LogP contribution >= 0.6 is 11.3 Å². The van der Waals surface area contributed by atoms with Crippen LogP contribution in [0.25, 0.3) is 22.8 Å². The van der Waals surface area contributed by atoms with Gasteiger partial charge >= 0.3 is 12.4 Å². The first kappa shape index (κ1) is 32.5. The Morgan fingerprint density at radius 3 is 2.30 bits per heavy atom. The number of thiazole rings is 1. The number of hydrogen-bond acceptors (Lipinski definition) is 6. The lowest BCUT2D eigenvalue weighted by Gasteiger charge is -2.26. The first-order chi connectivity index (χ1) is 21.7. The molecule has 0 radical (unpaired) electrons. The highest BCUT2D eigenvalue weighted by atomic mass is 32.1. The third-order valence-corrected chi connectivity index (χ3v) is 8.23. The summed E-state index contributed by atoms with van der Waals surface area (Å²) in [5, 5.41) is 9.44. The van der Waals surface area contributed by atoms with Crippen LogP contribution in [-0.2, 0) is 5.54 Å². The zero-order chi connectivity index (χ0) is 33.2. The Kier molecular flexibility index (Phi) is 9.06. The molecule has 0 aliphatic rings. The van der Waals surface area contributed by atoms with Gasteiger partial charge in [0.05, 0.1) is 24.0 Å². The van der Waals surface area contributed by atoms with Gasteiger partial charge in [-0.2, -0.15) is 4.99 Å². The van der Waals surface area contributed by atoms with Crippen LogP contribution in [0.4, 0.5) is 18.0 Å². The third-order valence-electron chi connectivity index (χ3n) is 7.29. The van der Waals surface area contributed by atoms with Gasteiger partial charge in [0.2, 0.25) is 0 Å². The number of benzene rings is 3. The monoisotopic (exact) mass is 650 g/mol. The van der Waals surface area contributed by atoms with E-state index in [1.54, 1.807) is 7.11 Å². The summed E-state index contributed by atoms with van der Waals surface area (Å²) in [7, 11) is 1.62. The minimum atomic E-state index is -4.76. The van der Waals surface area contributed by atoms with Crippen molar-refractivity contribution in [3.8, 4) is 34.3 Å². The first-order valence-corrected chi connectivity index (χ1v) is 15.2. The zero-order valence-corrected chi connectivity index (χ0v) is 26.9. The number of rotatable bonds is 8. The number of aryl methyl sites for hydroxylation is 1. The molecule has 3 aromatic carbocycles. The van der Waals surface area contributed by atoms with Crippen LogP contribution in [-0.4, -0.2) is 38.8 Å². The lowest BCUT2D eigenvalue weighted by atomic mass is 9.93. The second-order valence-corrected chi connectivity index (χ2v) is 12.2. The van der Waals surface area contributed by atoms with Crippen LogP contribution in [0.3, 0.4) is 0 Å². The fraction of sp³-hybridized carbons (Fsp3) is 0.273. The topological polar surface area (TPSA) is 95.6 Å². The Labute approximate surface area is 268 Å². The Bertz CT molecular complexity index is 1910. The lowest BCUT2D eigenvalue weighted by Crippen LogP contribution is -2.40. The molecule has 13 heteroatoms. The summed E-state index contributed by atoms with van der Waals surface area (Å²) >= 11 is 1.39. The molecule has 46 heavy (non-hydrogen) atoms. The van der Waals surface area contributed by atoms with E-state index in [2.05, 4.69) is 39.0 Å². The fourth-order valence-corrected chi connectivity index (χ4v) is 5.77. The quantitative estimate of drug-likeness (QED) is 0.186. The van der Waals surface area contributed by atoms with Gasteiger partial charge in [-0.25, -0.2) is 14.5 Å². The third kappa shape index (κ3) is 7.31. The highest BCUT2D eigenvalue weighted by Crippen LogP contribution is 2.29. The van der Waals surface area contributed by atoms with Crippen molar-refractivity contribution in [3.63, 3.8) is 0 Å². The van der Waals surface area contributed by atoms with Crippen molar-refractivity contribution in [2.45, 2.75) is 52.4 Å². The SMILES string of the molecule is COc1ccc(C(C)C)c(-n2c(C)cs/c2=N\C(=O)NC(C)(C)c2ccc(-c3ncn(-c4ccc(OC(F)(F)F)cc4)n3)cc2)c1. The Morgan fingerprint density at radius 2 is 1.67 bits per heavy atom. The minimum absolute atomic E-state index is 0.244. The molecule has 0 spiro atoms. The normalized spacial score (nSPS) is 12.4. The molecule has 0 unspecified atom stereocenters. The maximum Gasteiger partial charge on any atom is 0.573 e. The summed E-state index contributed by atoms with van der Waals surface area (Å²) in [5.74, 6) is 1.06. The highest BCUT2D eigenvalue weighted by molar-refractivity contribution is 7.07. The molecule has 0 bridgehead atoms. The smallest absolute Gasteiger partial charge is 0.497 e. The molecule has 9 nitrogen and oxygen atoms in total. The number of carbonyl (C=O) groups is 1. The average Bonchev–Trinajstić information content (AvgIpc) is 3.63. The Morgan fingerprint density at radius 1 is 1.00 bits per heavy atom.